The number of hydrogen-bond donors (Lipinski definition) is 1. The number of halogens is 1. The minimum atomic E-state index is -0.556. The van der Waals surface area contributed by atoms with E-state index in [4.69, 9.17) is 5.73 Å². The molecule has 2 N–H and O–H groups in total. The summed E-state index contributed by atoms with van der Waals surface area (Å²) in [5.41, 5.74) is 6.76. The molecule has 0 aliphatic rings. The van der Waals surface area contributed by atoms with E-state index in [0.717, 1.165) is 21.7 Å². The standard InChI is InChI=1S/C16H14FN/c17-10-16(18)15-9-11-5-1-2-6-12(11)13-7-3-4-8-14(13)15/h1-9,16H,10,18H2/t16-/m0/s1. The quantitative estimate of drug-likeness (QED) is 0.673. The van der Waals surface area contributed by atoms with Crippen LogP contribution in [0.2, 0.25) is 0 Å². The molecule has 0 saturated heterocycles. The molecule has 18 heavy (non-hydrogen) atoms. The highest BCUT2D eigenvalue weighted by molar-refractivity contribution is 6.09. The van der Waals surface area contributed by atoms with E-state index in [1.165, 1.54) is 5.39 Å². The van der Waals surface area contributed by atoms with Crippen LogP contribution in [0.5, 0.6) is 0 Å². The molecule has 3 aromatic carbocycles. The molecular formula is C16H14FN. The third-order valence-electron chi connectivity index (χ3n) is 3.37. The molecule has 90 valence electrons. The van der Waals surface area contributed by atoms with Crippen molar-refractivity contribution in [2.75, 3.05) is 6.67 Å². The summed E-state index contributed by atoms with van der Waals surface area (Å²) < 4.78 is 12.9. The van der Waals surface area contributed by atoms with E-state index < -0.39 is 12.7 Å². The highest BCUT2D eigenvalue weighted by Crippen LogP contribution is 2.31. The van der Waals surface area contributed by atoms with Crippen LogP contribution in [-0.2, 0) is 0 Å². The average Bonchev–Trinajstić information content (AvgIpc) is 2.45. The predicted molar refractivity (Wildman–Crippen MR) is 74.4 cm³/mol. The monoisotopic (exact) mass is 239 g/mol. The van der Waals surface area contributed by atoms with Gasteiger partial charge >= 0.3 is 0 Å². The first-order valence-electron chi connectivity index (χ1n) is 6.03. The second-order valence-corrected chi connectivity index (χ2v) is 4.49. The Morgan fingerprint density at radius 3 is 2.22 bits per heavy atom. The lowest BCUT2D eigenvalue weighted by Gasteiger charge is -2.14. The lowest BCUT2D eigenvalue weighted by atomic mass is 9.94. The fraction of sp³-hybridized carbons (Fsp3) is 0.125. The van der Waals surface area contributed by atoms with E-state index >= 15 is 0 Å². The lowest BCUT2D eigenvalue weighted by molar-refractivity contribution is 0.439. The summed E-state index contributed by atoms with van der Waals surface area (Å²) >= 11 is 0. The molecular weight excluding hydrogens is 225 g/mol. The zero-order valence-electron chi connectivity index (χ0n) is 9.94. The van der Waals surface area contributed by atoms with Gasteiger partial charge < -0.3 is 5.73 Å². The maximum atomic E-state index is 12.9. The number of benzene rings is 3. The smallest absolute Gasteiger partial charge is 0.109 e. The zero-order valence-corrected chi connectivity index (χ0v) is 9.94. The summed E-state index contributed by atoms with van der Waals surface area (Å²) in [6.07, 6.45) is 0. The summed E-state index contributed by atoms with van der Waals surface area (Å²) in [6.45, 7) is -0.539. The van der Waals surface area contributed by atoms with Crippen LogP contribution < -0.4 is 5.73 Å². The summed E-state index contributed by atoms with van der Waals surface area (Å²) in [5.74, 6) is 0. The van der Waals surface area contributed by atoms with Gasteiger partial charge in [0.1, 0.15) is 6.67 Å². The molecule has 0 spiro atoms. The topological polar surface area (TPSA) is 26.0 Å². The van der Waals surface area contributed by atoms with Gasteiger partial charge in [0.2, 0.25) is 0 Å². The number of nitrogens with two attached hydrogens (primary N) is 1. The number of fused-ring (bicyclic) bond motifs is 3. The average molecular weight is 239 g/mol. The molecule has 3 aromatic rings. The largest absolute Gasteiger partial charge is 0.322 e. The Bertz CT molecular complexity index is 706. The van der Waals surface area contributed by atoms with Gasteiger partial charge in [-0.05, 0) is 33.2 Å². The van der Waals surface area contributed by atoms with Gasteiger partial charge in [-0.2, -0.15) is 0 Å². The highest BCUT2D eigenvalue weighted by atomic mass is 19.1. The molecule has 0 saturated carbocycles. The Labute approximate surface area is 105 Å². The van der Waals surface area contributed by atoms with E-state index in [1.54, 1.807) is 0 Å². The van der Waals surface area contributed by atoms with Crippen molar-refractivity contribution in [3.8, 4) is 0 Å². The second-order valence-electron chi connectivity index (χ2n) is 4.49. The van der Waals surface area contributed by atoms with E-state index in [2.05, 4.69) is 12.1 Å². The second kappa shape index (κ2) is 4.39. The van der Waals surface area contributed by atoms with Gasteiger partial charge in [-0.3, -0.25) is 0 Å². The molecule has 0 amide bonds. The normalized spacial score (nSPS) is 13.0. The number of alkyl halides is 1. The third-order valence-corrected chi connectivity index (χ3v) is 3.37. The van der Waals surface area contributed by atoms with Gasteiger partial charge in [0.25, 0.3) is 0 Å². The van der Waals surface area contributed by atoms with Crippen LogP contribution in [0.4, 0.5) is 4.39 Å². The molecule has 2 heteroatoms. The Kier molecular flexibility index (Phi) is 2.73. The van der Waals surface area contributed by atoms with Crippen molar-refractivity contribution in [1.82, 2.24) is 0 Å². The van der Waals surface area contributed by atoms with Crippen LogP contribution in [0.3, 0.4) is 0 Å². The van der Waals surface area contributed by atoms with Crippen LogP contribution in [0.1, 0.15) is 11.6 Å². The van der Waals surface area contributed by atoms with Gasteiger partial charge in [0.15, 0.2) is 0 Å². The third kappa shape index (κ3) is 1.66. The fourth-order valence-electron chi connectivity index (χ4n) is 2.47. The first-order chi connectivity index (χ1) is 8.81. The molecule has 0 heterocycles. The summed E-state index contributed by atoms with van der Waals surface area (Å²) in [6, 6.07) is 17.6. The van der Waals surface area contributed by atoms with Crippen molar-refractivity contribution >= 4 is 21.5 Å². The maximum Gasteiger partial charge on any atom is 0.109 e. The van der Waals surface area contributed by atoms with Crippen molar-refractivity contribution in [1.29, 1.82) is 0 Å². The highest BCUT2D eigenvalue weighted by Gasteiger charge is 2.11. The van der Waals surface area contributed by atoms with Crippen LogP contribution in [0.15, 0.2) is 54.6 Å². The molecule has 0 radical (unpaired) electrons. The fourth-order valence-corrected chi connectivity index (χ4v) is 2.47. The summed E-state index contributed by atoms with van der Waals surface area (Å²) in [4.78, 5) is 0. The molecule has 0 fully saturated rings. The maximum absolute atomic E-state index is 12.9. The zero-order chi connectivity index (χ0) is 12.5. The van der Waals surface area contributed by atoms with Crippen LogP contribution in [0, 0.1) is 0 Å². The lowest BCUT2D eigenvalue weighted by Crippen LogP contribution is -2.12. The van der Waals surface area contributed by atoms with Gasteiger partial charge in [-0.25, -0.2) is 4.39 Å². The van der Waals surface area contributed by atoms with E-state index in [9.17, 15) is 4.39 Å². The van der Waals surface area contributed by atoms with Gasteiger partial charge in [0, 0.05) is 0 Å². The Morgan fingerprint density at radius 1 is 0.889 bits per heavy atom. The van der Waals surface area contributed by atoms with Gasteiger partial charge in [0.05, 0.1) is 6.04 Å². The van der Waals surface area contributed by atoms with Crippen molar-refractivity contribution in [3.63, 3.8) is 0 Å². The predicted octanol–water partition coefficient (Wildman–Crippen LogP) is 3.96. The first-order valence-corrected chi connectivity index (χ1v) is 6.03. The van der Waals surface area contributed by atoms with E-state index in [0.29, 0.717) is 0 Å². The molecule has 3 rings (SSSR count). The van der Waals surface area contributed by atoms with Crippen molar-refractivity contribution in [2.24, 2.45) is 5.73 Å². The van der Waals surface area contributed by atoms with Crippen molar-refractivity contribution in [3.05, 3.63) is 60.2 Å². The molecule has 0 bridgehead atoms. The molecule has 1 atom stereocenters. The minimum Gasteiger partial charge on any atom is -0.322 e. The summed E-state index contributed by atoms with van der Waals surface area (Å²) in [7, 11) is 0. The molecule has 0 aliphatic heterocycles. The Morgan fingerprint density at radius 2 is 1.50 bits per heavy atom. The van der Waals surface area contributed by atoms with Crippen LogP contribution >= 0.6 is 0 Å². The van der Waals surface area contributed by atoms with E-state index in [1.807, 2.05) is 42.5 Å². The molecule has 0 aromatic heterocycles. The molecule has 0 aliphatic carbocycles. The minimum absolute atomic E-state index is 0.539. The first kappa shape index (κ1) is 11.2. The Hall–Kier alpha value is -1.93. The SMILES string of the molecule is N[C@@H](CF)c1cc2ccccc2c2ccccc12. The molecule has 0 unspecified atom stereocenters. The number of rotatable bonds is 2. The summed E-state index contributed by atoms with van der Waals surface area (Å²) in [5, 5.41) is 4.47. The molecule has 1 nitrogen and oxygen atoms in total. The van der Waals surface area contributed by atoms with Crippen molar-refractivity contribution in [2.45, 2.75) is 6.04 Å². The number of hydrogen-bond acceptors (Lipinski definition) is 1. The van der Waals surface area contributed by atoms with Crippen LogP contribution in [-0.4, -0.2) is 6.67 Å². The Balaban J connectivity index is 2.46. The van der Waals surface area contributed by atoms with Gasteiger partial charge in [-0.15, -0.1) is 0 Å². The van der Waals surface area contributed by atoms with Crippen molar-refractivity contribution < 1.29 is 4.39 Å². The van der Waals surface area contributed by atoms with E-state index in [-0.39, 0.29) is 0 Å². The van der Waals surface area contributed by atoms with Crippen LogP contribution in [0.25, 0.3) is 21.5 Å². The van der Waals surface area contributed by atoms with Gasteiger partial charge in [-0.1, -0.05) is 48.5 Å².